The van der Waals surface area contributed by atoms with Crippen LogP contribution in [0.5, 0.6) is 0 Å². The first-order valence-electron chi connectivity index (χ1n) is 3.74. The van der Waals surface area contributed by atoms with Gasteiger partial charge < -0.3 is 15.7 Å². The van der Waals surface area contributed by atoms with Crippen LogP contribution in [0.2, 0.25) is 0 Å². The SMILES string of the molecule is CCC(O)P(=O)(O)CCCN. The Hall–Kier alpha value is 0.110. The smallest absolute Gasteiger partial charge is 0.228 e. The van der Waals surface area contributed by atoms with Gasteiger partial charge in [-0.15, -0.1) is 0 Å². The van der Waals surface area contributed by atoms with Gasteiger partial charge in [0.05, 0.1) is 0 Å². The standard InChI is InChI=1S/C6H16NO3P/c1-2-6(8)11(9,10)5-3-4-7/h6,8H,2-5,7H2,1H3,(H,9,10). The van der Waals surface area contributed by atoms with Crippen molar-refractivity contribution in [2.24, 2.45) is 5.73 Å². The third-order valence-corrected chi connectivity index (χ3v) is 3.77. The lowest BCUT2D eigenvalue weighted by molar-refractivity contribution is 0.225. The molecule has 0 aromatic carbocycles. The van der Waals surface area contributed by atoms with E-state index in [-0.39, 0.29) is 6.16 Å². The fourth-order valence-corrected chi connectivity index (χ4v) is 2.26. The number of rotatable bonds is 5. The highest BCUT2D eigenvalue weighted by atomic mass is 31.2. The van der Waals surface area contributed by atoms with Crippen molar-refractivity contribution >= 4 is 7.37 Å². The van der Waals surface area contributed by atoms with Crippen molar-refractivity contribution in [2.45, 2.75) is 25.6 Å². The van der Waals surface area contributed by atoms with Crippen molar-refractivity contribution in [2.75, 3.05) is 12.7 Å². The van der Waals surface area contributed by atoms with E-state index in [1.165, 1.54) is 0 Å². The fourth-order valence-electron chi connectivity index (χ4n) is 0.752. The van der Waals surface area contributed by atoms with Gasteiger partial charge in [-0.2, -0.15) is 0 Å². The Kier molecular flexibility index (Phi) is 4.93. The van der Waals surface area contributed by atoms with Gasteiger partial charge in [-0.1, -0.05) is 6.92 Å². The van der Waals surface area contributed by atoms with Gasteiger partial charge in [0, 0.05) is 6.16 Å². The monoisotopic (exact) mass is 181 g/mol. The minimum Gasteiger partial charge on any atom is -0.383 e. The third-order valence-electron chi connectivity index (χ3n) is 1.51. The van der Waals surface area contributed by atoms with Crippen LogP contribution in [0.25, 0.3) is 0 Å². The first kappa shape index (κ1) is 11.1. The highest BCUT2D eigenvalue weighted by Crippen LogP contribution is 2.46. The van der Waals surface area contributed by atoms with E-state index in [0.717, 1.165) is 0 Å². The molecule has 0 aliphatic carbocycles. The summed E-state index contributed by atoms with van der Waals surface area (Å²) in [6.45, 7) is 2.07. The molecule has 0 aliphatic rings. The lowest BCUT2D eigenvalue weighted by atomic mass is 10.5. The summed E-state index contributed by atoms with van der Waals surface area (Å²) in [6.07, 6.45) is 0.932. The molecule has 11 heavy (non-hydrogen) atoms. The Morgan fingerprint density at radius 3 is 2.55 bits per heavy atom. The largest absolute Gasteiger partial charge is 0.383 e. The van der Waals surface area contributed by atoms with Gasteiger partial charge >= 0.3 is 0 Å². The molecule has 0 heterocycles. The number of aliphatic hydroxyl groups is 1. The van der Waals surface area contributed by atoms with E-state index in [1.54, 1.807) is 6.92 Å². The zero-order valence-corrected chi connectivity index (χ0v) is 7.63. The number of hydrogen-bond donors (Lipinski definition) is 3. The van der Waals surface area contributed by atoms with Gasteiger partial charge in [0.25, 0.3) is 0 Å². The van der Waals surface area contributed by atoms with Crippen LogP contribution in [-0.4, -0.2) is 28.6 Å². The molecule has 68 valence electrons. The van der Waals surface area contributed by atoms with Crippen LogP contribution < -0.4 is 5.73 Å². The minimum absolute atomic E-state index is 0.124. The maximum absolute atomic E-state index is 11.2. The second-order valence-corrected chi connectivity index (χ2v) is 5.06. The summed E-state index contributed by atoms with van der Waals surface area (Å²) in [6, 6.07) is 0. The summed E-state index contributed by atoms with van der Waals surface area (Å²) in [7, 11) is -3.32. The second-order valence-electron chi connectivity index (χ2n) is 2.51. The molecule has 2 atom stereocenters. The Morgan fingerprint density at radius 2 is 2.18 bits per heavy atom. The third kappa shape index (κ3) is 3.87. The number of nitrogens with two attached hydrogens (primary N) is 1. The van der Waals surface area contributed by atoms with Crippen LogP contribution in [0.1, 0.15) is 19.8 Å². The topological polar surface area (TPSA) is 83.5 Å². The lowest BCUT2D eigenvalue weighted by Crippen LogP contribution is -2.11. The lowest BCUT2D eigenvalue weighted by Gasteiger charge is -2.15. The van der Waals surface area contributed by atoms with Crippen LogP contribution in [0, 0.1) is 0 Å². The molecule has 0 aromatic heterocycles. The molecule has 0 radical (unpaired) electrons. The summed E-state index contributed by atoms with van der Waals surface area (Å²) in [5.41, 5.74) is 5.16. The average Bonchev–Trinajstić information content (AvgIpc) is 1.99. The average molecular weight is 181 g/mol. The van der Waals surface area contributed by atoms with Crippen molar-refractivity contribution in [1.82, 2.24) is 0 Å². The summed E-state index contributed by atoms with van der Waals surface area (Å²) in [5.74, 6) is -1.07. The van der Waals surface area contributed by atoms with Crippen molar-refractivity contribution in [3.05, 3.63) is 0 Å². The van der Waals surface area contributed by atoms with Crippen LogP contribution >= 0.6 is 7.37 Å². The molecule has 0 aliphatic heterocycles. The maximum atomic E-state index is 11.2. The fraction of sp³-hybridized carbons (Fsp3) is 1.00. The van der Waals surface area contributed by atoms with E-state index in [1.807, 2.05) is 0 Å². The van der Waals surface area contributed by atoms with E-state index in [9.17, 15) is 4.57 Å². The van der Waals surface area contributed by atoms with Crippen LogP contribution in [0.3, 0.4) is 0 Å². The summed E-state index contributed by atoms with van der Waals surface area (Å²) < 4.78 is 11.2. The normalized spacial score (nSPS) is 19.3. The first-order valence-corrected chi connectivity index (χ1v) is 5.65. The van der Waals surface area contributed by atoms with Crippen molar-refractivity contribution in [1.29, 1.82) is 0 Å². The van der Waals surface area contributed by atoms with Crippen LogP contribution in [0.4, 0.5) is 0 Å². The van der Waals surface area contributed by atoms with Crippen molar-refractivity contribution in [3.8, 4) is 0 Å². The van der Waals surface area contributed by atoms with E-state index >= 15 is 0 Å². The maximum Gasteiger partial charge on any atom is 0.228 e. The van der Waals surface area contributed by atoms with E-state index in [0.29, 0.717) is 19.4 Å². The first-order chi connectivity index (χ1) is 5.04. The summed E-state index contributed by atoms with van der Waals surface area (Å²) in [5, 5.41) is 9.06. The molecule has 0 spiro atoms. The molecule has 5 heteroatoms. The molecular formula is C6H16NO3P. The van der Waals surface area contributed by atoms with Gasteiger partial charge in [0.15, 0.2) is 0 Å². The highest BCUT2D eigenvalue weighted by Gasteiger charge is 2.26. The molecular weight excluding hydrogens is 165 g/mol. The molecule has 2 unspecified atom stereocenters. The minimum atomic E-state index is -3.32. The van der Waals surface area contributed by atoms with E-state index < -0.39 is 13.2 Å². The Bertz CT molecular complexity index is 151. The van der Waals surface area contributed by atoms with Gasteiger partial charge in [-0.3, -0.25) is 4.57 Å². The predicted octanol–water partition coefficient (Wildman–Crippen LogP) is 0.334. The van der Waals surface area contributed by atoms with Gasteiger partial charge in [0.2, 0.25) is 7.37 Å². The van der Waals surface area contributed by atoms with Crippen molar-refractivity contribution < 1.29 is 14.6 Å². The molecule has 4 nitrogen and oxygen atoms in total. The number of hydrogen-bond acceptors (Lipinski definition) is 3. The number of aliphatic hydroxyl groups excluding tert-OH is 1. The Labute approximate surface area is 66.9 Å². The molecule has 0 bridgehead atoms. The summed E-state index contributed by atoms with van der Waals surface area (Å²) >= 11 is 0. The van der Waals surface area contributed by atoms with Gasteiger partial charge in [-0.25, -0.2) is 0 Å². The Morgan fingerprint density at radius 1 is 1.64 bits per heavy atom. The van der Waals surface area contributed by atoms with Crippen LogP contribution in [-0.2, 0) is 4.57 Å². The van der Waals surface area contributed by atoms with Gasteiger partial charge in [-0.05, 0) is 19.4 Å². The quantitative estimate of drug-likeness (QED) is 0.534. The molecule has 0 fully saturated rings. The second kappa shape index (κ2) is 4.88. The van der Waals surface area contributed by atoms with E-state index in [2.05, 4.69) is 0 Å². The molecule has 4 N–H and O–H groups in total. The van der Waals surface area contributed by atoms with E-state index in [4.69, 9.17) is 15.7 Å². The summed E-state index contributed by atoms with van der Waals surface area (Å²) in [4.78, 5) is 9.16. The zero-order chi connectivity index (χ0) is 8.91. The molecule has 0 saturated heterocycles. The molecule has 0 amide bonds. The molecule has 0 aromatic rings. The zero-order valence-electron chi connectivity index (χ0n) is 6.73. The van der Waals surface area contributed by atoms with Gasteiger partial charge in [0.1, 0.15) is 5.85 Å². The highest BCUT2D eigenvalue weighted by molar-refractivity contribution is 7.58. The predicted molar refractivity (Wildman–Crippen MR) is 44.7 cm³/mol. The molecule has 0 saturated carbocycles. The molecule has 0 rings (SSSR count). The Balaban J connectivity index is 3.89. The van der Waals surface area contributed by atoms with Crippen LogP contribution in [0.15, 0.2) is 0 Å². The van der Waals surface area contributed by atoms with Crippen molar-refractivity contribution in [3.63, 3.8) is 0 Å².